The lowest BCUT2D eigenvalue weighted by Crippen LogP contribution is -2.76. The van der Waals surface area contributed by atoms with E-state index in [0.29, 0.717) is 0 Å². The minimum atomic E-state index is 0.00874. The average Bonchev–Trinajstić information content (AvgIpc) is 2.40. The number of hydrogen-bond donors (Lipinski definition) is 1. The Bertz CT molecular complexity index is 491. The molecule has 0 aliphatic rings. The smallest absolute Gasteiger partial charge is 0.212 e. The molecule has 97 valence electrons. The van der Waals surface area contributed by atoms with Crippen LogP contribution in [0.5, 0.6) is 0 Å². The predicted octanol–water partition coefficient (Wildman–Crippen LogP) is 2.46. The molecule has 2 rings (SSSR count). The van der Waals surface area contributed by atoms with Crippen LogP contribution in [0.2, 0.25) is 0 Å². The van der Waals surface area contributed by atoms with Crippen LogP contribution in [-0.4, -0.2) is 12.3 Å². The van der Waals surface area contributed by atoms with E-state index in [4.69, 9.17) is 0 Å². The van der Waals surface area contributed by atoms with Gasteiger partial charge in [-0.1, -0.05) is 50.2 Å². The molecule has 0 aromatic heterocycles. The van der Waals surface area contributed by atoms with Crippen LogP contribution < -0.4 is 4.99 Å². The molecule has 19 heavy (non-hydrogen) atoms. The van der Waals surface area contributed by atoms with Crippen molar-refractivity contribution in [2.75, 3.05) is 6.54 Å². The molecule has 1 radical (unpaired) electrons. The third kappa shape index (κ3) is 4.06. The fraction of sp³-hybridized carbons (Fsp3) is 0.222. The van der Waals surface area contributed by atoms with Crippen LogP contribution in [0.1, 0.15) is 25.0 Å². The molecule has 1 N–H and O–H groups in total. The highest BCUT2D eigenvalue weighted by Crippen LogP contribution is 2.09. The summed E-state index contributed by atoms with van der Waals surface area (Å²) in [6.45, 7) is 9.26. The second-order valence-corrected chi connectivity index (χ2v) is 5.62. The highest BCUT2D eigenvalue weighted by Gasteiger charge is 2.17. The maximum absolute atomic E-state index is 4.15. The quantitative estimate of drug-likeness (QED) is 0.803. The summed E-state index contributed by atoms with van der Waals surface area (Å²) in [4.78, 5) is 3.55. The first-order chi connectivity index (χ1) is 9.06. The fourth-order valence-electron chi connectivity index (χ4n) is 1.91. The summed E-state index contributed by atoms with van der Waals surface area (Å²) < 4.78 is 0. The third-order valence-corrected chi connectivity index (χ3v) is 2.87. The summed E-state index contributed by atoms with van der Waals surface area (Å²) in [6, 6.07) is 20.9. The van der Waals surface area contributed by atoms with Gasteiger partial charge in [-0.25, -0.2) is 4.99 Å². The van der Waals surface area contributed by atoms with Crippen molar-refractivity contribution in [3.63, 3.8) is 0 Å². The summed E-state index contributed by atoms with van der Waals surface area (Å²) in [5, 5.41) is 0. The lowest BCUT2D eigenvalue weighted by atomic mass is 9.96. The van der Waals surface area contributed by atoms with Gasteiger partial charge >= 0.3 is 0 Å². The first-order valence-corrected chi connectivity index (χ1v) is 6.63. The molecular formula is C18H21N+. The van der Waals surface area contributed by atoms with Gasteiger partial charge in [0.2, 0.25) is 5.71 Å². The van der Waals surface area contributed by atoms with E-state index in [9.17, 15) is 0 Å². The minimum absolute atomic E-state index is 0.00874. The summed E-state index contributed by atoms with van der Waals surface area (Å²) in [6.07, 6.45) is 0. The van der Waals surface area contributed by atoms with Crippen LogP contribution in [0.15, 0.2) is 60.7 Å². The zero-order valence-corrected chi connectivity index (χ0v) is 11.7. The van der Waals surface area contributed by atoms with Gasteiger partial charge in [0.15, 0.2) is 0 Å². The Morgan fingerprint density at radius 2 is 1.32 bits per heavy atom. The number of rotatable bonds is 4. The minimum Gasteiger partial charge on any atom is -0.240 e. The predicted molar refractivity (Wildman–Crippen MR) is 81.1 cm³/mol. The van der Waals surface area contributed by atoms with E-state index in [1.165, 1.54) is 11.1 Å². The highest BCUT2D eigenvalue weighted by atomic mass is 14.8. The zero-order valence-electron chi connectivity index (χ0n) is 11.7. The summed E-state index contributed by atoms with van der Waals surface area (Å²) in [7, 11) is 0. The maximum atomic E-state index is 4.15. The van der Waals surface area contributed by atoms with Crippen LogP contribution in [0.3, 0.4) is 0 Å². The van der Waals surface area contributed by atoms with Crippen molar-refractivity contribution < 1.29 is 4.99 Å². The molecule has 0 fully saturated rings. The maximum Gasteiger partial charge on any atom is 0.212 e. The number of hydrogen-bond acceptors (Lipinski definition) is 0. The van der Waals surface area contributed by atoms with Gasteiger partial charge in [0.25, 0.3) is 0 Å². The molecule has 0 saturated heterocycles. The van der Waals surface area contributed by atoms with Crippen LogP contribution in [0.4, 0.5) is 0 Å². The normalized spacial score (nSPS) is 11.1. The SMILES string of the molecule is [CH2]C(C)(C)C[NH+]=C(c1ccccc1)c1ccccc1. The monoisotopic (exact) mass is 251 g/mol. The molecule has 0 atom stereocenters. The van der Waals surface area contributed by atoms with Gasteiger partial charge in [-0.2, -0.15) is 0 Å². The van der Waals surface area contributed by atoms with Crippen LogP contribution >= 0.6 is 0 Å². The van der Waals surface area contributed by atoms with Crippen LogP contribution in [0.25, 0.3) is 0 Å². The molecule has 0 aliphatic heterocycles. The van der Waals surface area contributed by atoms with E-state index in [2.05, 4.69) is 74.3 Å². The Balaban J connectivity index is 2.40. The van der Waals surface area contributed by atoms with E-state index >= 15 is 0 Å². The van der Waals surface area contributed by atoms with Gasteiger partial charge < -0.3 is 0 Å². The molecule has 0 amide bonds. The molecule has 1 heteroatoms. The Morgan fingerprint density at radius 3 is 1.68 bits per heavy atom. The van der Waals surface area contributed by atoms with Crippen molar-refractivity contribution in [3.05, 3.63) is 78.7 Å². The Hall–Kier alpha value is -1.89. The molecule has 2 aromatic carbocycles. The van der Waals surface area contributed by atoms with Gasteiger partial charge in [-0.3, -0.25) is 0 Å². The Labute approximate surface area is 116 Å². The molecule has 0 aliphatic carbocycles. The van der Waals surface area contributed by atoms with Crippen molar-refractivity contribution >= 4 is 5.71 Å². The second kappa shape index (κ2) is 5.83. The molecular weight excluding hydrogens is 230 g/mol. The van der Waals surface area contributed by atoms with Crippen molar-refractivity contribution in [2.45, 2.75) is 13.8 Å². The first kappa shape index (κ1) is 13.5. The van der Waals surface area contributed by atoms with E-state index < -0.39 is 0 Å². The van der Waals surface area contributed by atoms with Crippen molar-refractivity contribution in [2.24, 2.45) is 5.41 Å². The third-order valence-electron chi connectivity index (χ3n) is 2.87. The molecule has 0 heterocycles. The van der Waals surface area contributed by atoms with Crippen molar-refractivity contribution in [3.8, 4) is 0 Å². The van der Waals surface area contributed by atoms with E-state index in [-0.39, 0.29) is 5.41 Å². The lowest BCUT2D eigenvalue weighted by Gasteiger charge is -2.11. The fourth-order valence-corrected chi connectivity index (χ4v) is 1.91. The lowest BCUT2D eigenvalue weighted by molar-refractivity contribution is -0.470. The van der Waals surface area contributed by atoms with Crippen LogP contribution in [0, 0.1) is 12.3 Å². The largest absolute Gasteiger partial charge is 0.240 e. The van der Waals surface area contributed by atoms with E-state index in [0.717, 1.165) is 12.3 Å². The van der Waals surface area contributed by atoms with Crippen LogP contribution in [-0.2, 0) is 0 Å². The number of benzene rings is 2. The molecule has 0 unspecified atom stereocenters. The topological polar surface area (TPSA) is 14.0 Å². The van der Waals surface area contributed by atoms with Gasteiger partial charge in [0, 0.05) is 16.5 Å². The summed E-state index contributed by atoms with van der Waals surface area (Å²) >= 11 is 0. The van der Waals surface area contributed by atoms with Gasteiger partial charge in [-0.15, -0.1) is 0 Å². The van der Waals surface area contributed by atoms with E-state index in [1.54, 1.807) is 0 Å². The standard InChI is InChI=1S/C18H20N/c1-18(2,3)14-19-17(15-10-6-4-7-11-15)16-12-8-5-9-13-16/h4-13H,1,14H2,2-3H3/p+1. The summed E-state index contributed by atoms with van der Waals surface area (Å²) in [5.74, 6) is 0. The summed E-state index contributed by atoms with van der Waals surface area (Å²) in [5.41, 5.74) is 3.59. The van der Waals surface area contributed by atoms with Gasteiger partial charge in [-0.05, 0) is 31.2 Å². The zero-order chi connectivity index (χ0) is 13.7. The van der Waals surface area contributed by atoms with E-state index in [1.807, 2.05) is 12.1 Å². The molecule has 1 nitrogen and oxygen atoms in total. The average molecular weight is 251 g/mol. The Morgan fingerprint density at radius 1 is 0.895 bits per heavy atom. The highest BCUT2D eigenvalue weighted by molar-refractivity contribution is 6.09. The van der Waals surface area contributed by atoms with Gasteiger partial charge in [0.05, 0.1) is 0 Å². The molecule has 0 bridgehead atoms. The molecule has 0 spiro atoms. The van der Waals surface area contributed by atoms with Crippen molar-refractivity contribution in [1.82, 2.24) is 0 Å². The molecule has 0 saturated carbocycles. The van der Waals surface area contributed by atoms with Gasteiger partial charge in [0.1, 0.15) is 6.54 Å². The first-order valence-electron chi connectivity index (χ1n) is 6.63. The molecule has 2 aromatic rings. The Kier molecular flexibility index (Phi) is 4.16. The number of nitrogens with one attached hydrogen (secondary N) is 1. The second-order valence-electron chi connectivity index (χ2n) is 5.62. The van der Waals surface area contributed by atoms with Crippen molar-refractivity contribution in [1.29, 1.82) is 0 Å².